The molecule has 0 aliphatic carbocycles. The Bertz CT molecular complexity index is 1390. The van der Waals surface area contributed by atoms with Crippen molar-refractivity contribution in [1.82, 2.24) is 14.8 Å². The summed E-state index contributed by atoms with van der Waals surface area (Å²) in [6.45, 7) is 8.41. The van der Waals surface area contributed by atoms with Crippen molar-refractivity contribution in [1.29, 1.82) is 0 Å². The third kappa shape index (κ3) is 6.40. The minimum absolute atomic E-state index is 0.0660. The van der Waals surface area contributed by atoms with Gasteiger partial charge in [-0.3, -0.25) is 4.79 Å². The second-order valence-corrected chi connectivity index (χ2v) is 9.97. The molecule has 0 saturated carbocycles. The van der Waals surface area contributed by atoms with Gasteiger partial charge in [-0.05, 0) is 74.6 Å². The third-order valence-electron chi connectivity index (χ3n) is 6.87. The van der Waals surface area contributed by atoms with Gasteiger partial charge in [-0.2, -0.15) is 0 Å². The fourth-order valence-corrected chi connectivity index (χ4v) is 4.62. The fourth-order valence-electron chi connectivity index (χ4n) is 4.62. The third-order valence-corrected chi connectivity index (χ3v) is 6.87. The highest BCUT2D eigenvalue weighted by molar-refractivity contribution is 5.94. The highest BCUT2D eigenvalue weighted by Crippen LogP contribution is 2.21. The number of H-pyrrole nitrogens is 1. The van der Waals surface area contributed by atoms with Gasteiger partial charge in [-0.15, -0.1) is 0 Å². The molecule has 4 aromatic rings. The summed E-state index contributed by atoms with van der Waals surface area (Å²) >= 11 is 0. The highest BCUT2D eigenvalue weighted by Gasteiger charge is 2.25. The zero-order valence-corrected chi connectivity index (χ0v) is 22.4. The van der Waals surface area contributed by atoms with Crippen LogP contribution in [0.5, 0.6) is 0 Å². The number of carbonyl (C=O) groups excluding carboxylic acids is 2. The number of nitrogens with zero attached hydrogens (tertiary/aromatic N) is 2. The number of aromatic nitrogens is 1. The van der Waals surface area contributed by atoms with Crippen LogP contribution in [0.25, 0.3) is 10.9 Å². The van der Waals surface area contributed by atoms with E-state index in [-0.39, 0.29) is 30.3 Å². The molecule has 38 heavy (non-hydrogen) atoms. The van der Waals surface area contributed by atoms with E-state index in [0.717, 1.165) is 38.8 Å². The second-order valence-electron chi connectivity index (χ2n) is 9.97. The van der Waals surface area contributed by atoms with E-state index in [1.807, 2.05) is 70.3 Å². The smallest absolute Gasteiger partial charge is 0.322 e. The molecule has 2 N–H and O–H groups in total. The first-order valence-corrected chi connectivity index (χ1v) is 12.9. The molecule has 1 aromatic heterocycles. The zero-order chi connectivity index (χ0) is 27.2. The van der Waals surface area contributed by atoms with E-state index in [4.69, 9.17) is 0 Å². The number of benzene rings is 3. The maximum Gasteiger partial charge on any atom is 0.322 e. The Kier molecular flexibility index (Phi) is 8.46. The number of aromatic amines is 1. The van der Waals surface area contributed by atoms with Gasteiger partial charge in [0.25, 0.3) is 0 Å². The Morgan fingerprint density at radius 1 is 0.947 bits per heavy atom. The molecule has 0 aliphatic heterocycles. The molecular weight excluding hydrogens is 479 g/mol. The number of rotatable bonds is 9. The molecule has 0 atom stereocenters. The Morgan fingerprint density at radius 2 is 1.63 bits per heavy atom. The molecule has 0 spiro atoms. The summed E-state index contributed by atoms with van der Waals surface area (Å²) in [7, 11) is 0. The molecule has 0 aliphatic rings. The predicted octanol–water partition coefficient (Wildman–Crippen LogP) is 6.44. The number of anilines is 1. The summed E-state index contributed by atoms with van der Waals surface area (Å²) in [5.41, 5.74) is 5.68. The van der Waals surface area contributed by atoms with Gasteiger partial charge in [-0.1, -0.05) is 48.5 Å². The van der Waals surface area contributed by atoms with Gasteiger partial charge in [0.1, 0.15) is 12.4 Å². The van der Waals surface area contributed by atoms with Crippen LogP contribution in [0, 0.1) is 19.7 Å². The van der Waals surface area contributed by atoms with Crippen molar-refractivity contribution in [2.45, 2.75) is 46.7 Å². The predicted molar refractivity (Wildman–Crippen MR) is 151 cm³/mol. The van der Waals surface area contributed by atoms with Crippen LogP contribution >= 0.6 is 0 Å². The van der Waals surface area contributed by atoms with Crippen molar-refractivity contribution in [2.75, 3.05) is 18.4 Å². The van der Waals surface area contributed by atoms with Gasteiger partial charge in [0.2, 0.25) is 5.91 Å². The lowest BCUT2D eigenvalue weighted by molar-refractivity contribution is -0.132. The number of carbonyl (C=O) groups is 2. The molecule has 0 saturated heterocycles. The second kappa shape index (κ2) is 11.9. The van der Waals surface area contributed by atoms with Gasteiger partial charge in [-0.25, -0.2) is 9.18 Å². The van der Waals surface area contributed by atoms with Crippen LogP contribution in [0.1, 0.15) is 36.1 Å². The number of para-hydroxylation sites is 2. The first kappa shape index (κ1) is 26.9. The molecule has 0 unspecified atom stereocenters. The van der Waals surface area contributed by atoms with E-state index in [2.05, 4.69) is 16.4 Å². The van der Waals surface area contributed by atoms with E-state index < -0.39 is 0 Å². The lowest BCUT2D eigenvalue weighted by atomic mass is 10.1. The lowest BCUT2D eigenvalue weighted by Gasteiger charge is -2.30. The first-order chi connectivity index (χ1) is 18.2. The topological polar surface area (TPSA) is 68.4 Å². The Labute approximate surface area is 223 Å². The largest absolute Gasteiger partial charge is 0.361 e. The van der Waals surface area contributed by atoms with E-state index in [1.165, 1.54) is 12.1 Å². The molecule has 198 valence electrons. The van der Waals surface area contributed by atoms with Crippen molar-refractivity contribution in [2.24, 2.45) is 0 Å². The van der Waals surface area contributed by atoms with Gasteiger partial charge >= 0.3 is 6.03 Å². The molecule has 3 aromatic carbocycles. The number of nitrogens with one attached hydrogen (secondary N) is 2. The standard InChI is InChI=1S/C31H35FN4O2/c1-21(2)36(31(38)34-30-22(3)8-7-9-23(30)4)20-29(37)35(19-24-12-14-26(32)15-13-24)17-16-25-18-33-28-11-6-5-10-27(25)28/h5-15,18,21,33H,16-17,19-20H2,1-4H3,(H,34,38). The number of amides is 3. The van der Waals surface area contributed by atoms with Gasteiger partial charge in [0.05, 0.1) is 0 Å². The normalized spacial score (nSPS) is 11.1. The molecule has 4 rings (SSSR count). The van der Waals surface area contributed by atoms with Gasteiger partial charge in [0.15, 0.2) is 0 Å². The average Bonchev–Trinajstić information content (AvgIpc) is 3.31. The van der Waals surface area contributed by atoms with E-state index in [9.17, 15) is 14.0 Å². The molecule has 3 amide bonds. The average molecular weight is 515 g/mol. The Morgan fingerprint density at radius 3 is 2.32 bits per heavy atom. The number of hydrogen-bond donors (Lipinski definition) is 2. The van der Waals surface area contributed by atoms with Crippen molar-refractivity contribution in [3.63, 3.8) is 0 Å². The van der Waals surface area contributed by atoms with Crippen LogP contribution in [0.15, 0.2) is 72.9 Å². The molecule has 0 radical (unpaired) electrons. The molecule has 0 bridgehead atoms. The highest BCUT2D eigenvalue weighted by atomic mass is 19.1. The van der Waals surface area contributed by atoms with Crippen LogP contribution < -0.4 is 5.32 Å². The summed E-state index contributed by atoms with van der Waals surface area (Å²) in [4.78, 5) is 33.6. The van der Waals surface area contributed by atoms with Gasteiger partial charge in [0, 0.05) is 41.9 Å². The van der Waals surface area contributed by atoms with Gasteiger partial charge < -0.3 is 20.1 Å². The maximum atomic E-state index is 13.7. The minimum atomic E-state index is -0.320. The summed E-state index contributed by atoms with van der Waals surface area (Å²) in [6, 6.07) is 19.6. The number of urea groups is 1. The number of fused-ring (bicyclic) bond motifs is 1. The van der Waals surface area contributed by atoms with Crippen LogP contribution in [-0.4, -0.2) is 45.9 Å². The fraction of sp³-hybridized carbons (Fsp3) is 0.290. The van der Waals surface area contributed by atoms with E-state index in [1.54, 1.807) is 21.9 Å². The van der Waals surface area contributed by atoms with Crippen LogP contribution in [0.4, 0.5) is 14.9 Å². The number of hydrogen-bond acceptors (Lipinski definition) is 2. The zero-order valence-electron chi connectivity index (χ0n) is 22.4. The Hall–Kier alpha value is -4.13. The molecular formula is C31H35FN4O2. The molecule has 6 nitrogen and oxygen atoms in total. The summed E-state index contributed by atoms with van der Waals surface area (Å²) in [6.07, 6.45) is 2.62. The quantitative estimate of drug-likeness (QED) is 0.270. The molecule has 1 heterocycles. The van der Waals surface area contributed by atoms with Crippen molar-refractivity contribution in [3.8, 4) is 0 Å². The van der Waals surface area contributed by atoms with Crippen LogP contribution in [0.2, 0.25) is 0 Å². The molecule has 7 heteroatoms. The Balaban J connectivity index is 1.53. The SMILES string of the molecule is Cc1cccc(C)c1NC(=O)N(CC(=O)N(CCc1c[nH]c2ccccc12)Cc1ccc(F)cc1)C(C)C. The maximum absolute atomic E-state index is 13.7. The van der Waals surface area contributed by atoms with Crippen LogP contribution in [0.3, 0.4) is 0 Å². The van der Waals surface area contributed by atoms with Crippen molar-refractivity contribution < 1.29 is 14.0 Å². The number of aryl methyl sites for hydroxylation is 2. The molecule has 0 fully saturated rings. The minimum Gasteiger partial charge on any atom is -0.361 e. The monoisotopic (exact) mass is 514 g/mol. The van der Waals surface area contributed by atoms with Crippen molar-refractivity contribution >= 4 is 28.5 Å². The van der Waals surface area contributed by atoms with Crippen molar-refractivity contribution in [3.05, 3.63) is 101 Å². The lowest BCUT2D eigenvalue weighted by Crippen LogP contribution is -2.47. The van der Waals surface area contributed by atoms with Crippen LogP contribution in [-0.2, 0) is 17.8 Å². The summed E-state index contributed by atoms with van der Waals surface area (Å²) < 4.78 is 13.5. The number of halogens is 1. The van der Waals surface area contributed by atoms with E-state index in [0.29, 0.717) is 19.5 Å². The summed E-state index contributed by atoms with van der Waals surface area (Å²) in [5, 5.41) is 4.13. The van der Waals surface area contributed by atoms with E-state index >= 15 is 0 Å². The first-order valence-electron chi connectivity index (χ1n) is 12.9. The summed E-state index contributed by atoms with van der Waals surface area (Å²) in [5.74, 6) is -0.487.